The highest BCUT2D eigenvalue weighted by Gasteiger charge is 2.29. The van der Waals surface area contributed by atoms with Crippen molar-refractivity contribution in [2.45, 2.75) is 0 Å². The lowest BCUT2D eigenvalue weighted by Crippen LogP contribution is -2.55. The Morgan fingerprint density at radius 1 is 0.838 bits per heavy atom. The maximum absolute atomic E-state index is 12.9. The summed E-state index contributed by atoms with van der Waals surface area (Å²) < 4.78 is 7.37. The van der Waals surface area contributed by atoms with Crippen LogP contribution in [0, 0.1) is 0 Å². The molecule has 0 bridgehead atoms. The largest absolute Gasteiger partial charge is 0.378 e. The number of piperazine rings is 1. The van der Waals surface area contributed by atoms with E-state index in [1.165, 1.54) is 0 Å². The number of urea groups is 1. The van der Waals surface area contributed by atoms with E-state index >= 15 is 0 Å². The molecule has 4 heterocycles. The second kappa shape index (κ2) is 10.2. The lowest BCUT2D eigenvalue weighted by Gasteiger charge is -2.38. The quantitative estimate of drug-likeness (QED) is 0.386. The first-order valence-corrected chi connectivity index (χ1v) is 13.0. The Labute approximate surface area is 224 Å². The molecule has 0 radical (unpaired) electrons. The molecular formula is C26H25Cl2N7O2. The van der Waals surface area contributed by atoms with Crippen molar-refractivity contribution in [3.63, 3.8) is 0 Å². The van der Waals surface area contributed by atoms with Crippen LogP contribution in [0.15, 0.2) is 54.9 Å². The van der Waals surface area contributed by atoms with Crippen molar-refractivity contribution in [2.75, 3.05) is 57.4 Å². The van der Waals surface area contributed by atoms with E-state index in [1.54, 1.807) is 6.33 Å². The van der Waals surface area contributed by atoms with E-state index in [4.69, 9.17) is 32.9 Å². The van der Waals surface area contributed by atoms with Crippen molar-refractivity contribution >= 4 is 46.2 Å². The number of fused-ring (bicyclic) bond motifs is 1. The molecule has 37 heavy (non-hydrogen) atoms. The molecule has 11 heteroatoms. The van der Waals surface area contributed by atoms with Crippen LogP contribution in [0.5, 0.6) is 0 Å². The summed E-state index contributed by atoms with van der Waals surface area (Å²) in [6.07, 6.45) is 1.56. The molecule has 0 atom stereocenters. The minimum absolute atomic E-state index is 0.0730. The molecule has 2 aliphatic rings. The summed E-state index contributed by atoms with van der Waals surface area (Å²) in [5.41, 5.74) is 3.02. The van der Waals surface area contributed by atoms with Crippen LogP contribution in [0.1, 0.15) is 0 Å². The van der Waals surface area contributed by atoms with Gasteiger partial charge in [0.15, 0.2) is 17.0 Å². The highest BCUT2D eigenvalue weighted by atomic mass is 35.5. The van der Waals surface area contributed by atoms with Gasteiger partial charge >= 0.3 is 6.03 Å². The number of rotatable bonds is 3. The van der Waals surface area contributed by atoms with Crippen LogP contribution in [0.2, 0.25) is 10.0 Å². The minimum atomic E-state index is 0.0730. The Balaban J connectivity index is 1.36. The molecule has 2 aromatic carbocycles. The molecule has 0 aliphatic carbocycles. The van der Waals surface area contributed by atoms with Gasteiger partial charge in [0, 0.05) is 55.5 Å². The van der Waals surface area contributed by atoms with E-state index in [-0.39, 0.29) is 6.03 Å². The van der Waals surface area contributed by atoms with Crippen LogP contribution in [0.4, 0.5) is 10.6 Å². The SMILES string of the molecule is O=C(N1CCOCC1)N1CCN(c2ncnc3c2nc(-c2ccccc2Cl)n3-c2ccc(Cl)cc2)CC1. The van der Waals surface area contributed by atoms with Crippen molar-refractivity contribution in [3.8, 4) is 17.1 Å². The van der Waals surface area contributed by atoms with Gasteiger partial charge in [0.05, 0.1) is 18.2 Å². The van der Waals surface area contributed by atoms with Crippen LogP contribution < -0.4 is 4.90 Å². The highest BCUT2D eigenvalue weighted by Crippen LogP contribution is 2.35. The summed E-state index contributed by atoms with van der Waals surface area (Å²) in [6, 6.07) is 15.2. The van der Waals surface area contributed by atoms with Gasteiger partial charge < -0.3 is 19.4 Å². The molecule has 0 N–H and O–H groups in total. The summed E-state index contributed by atoms with van der Waals surface area (Å²) in [6.45, 7) is 4.98. The van der Waals surface area contributed by atoms with Crippen LogP contribution in [0.25, 0.3) is 28.2 Å². The number of carbonyl (C=O) groups excluding carboxylic acids is 1. The molecule has 190 valence electrons. The summed E-state index contributed by atoms with van der Waals surface area (Å²) in [4.78, 5) is 33.1. The minimum Gasteiger partial charge on any atom is -0.378 e. The number of aromatic nitrogens is 4. The number of halogens is 2. The van der Waals surface area contributed by atoms with Gasteiger partial charge in [-0.15, -0.1) is 0 Å². The summed E-state index contributed by atoms with van der Waals surface area (Å²) >= 11 is 12.8. The van der Waals surface area contributed by atoms with Crippen LogP contribution in [-0.2, 0) is 4.74 Å². The Hall–Kier alpha value is -3.40. The fraction of sp³-hybridized carbons (Fsp3) is 0.308. The molecule has 2 aliphatic heterocycles. The van der Waals surface area contributed by atoms with Crippen molar-refractivity contribution in [1.29, 1.82) is 0 Å². The lowest BCUT2D eigenvalue weighted by molar-refractivity contribution is 0.0428. The van der Waals surface area contributed by atoms with Gasteiger partial charge in [-0.05, 0) is 36.4 Å². The van der Waals surface area contributed by atoms with Gasteiger partial charge in [0.1, 0.15) is 12.2 Å². The predicted molar refractivity (Wildman–Crippen MR) is 144 cm³/mol. The zero-order chi connectivity index (χ0) is 25.4. The zero-order valence-electron chi connectivity index (χ0n) is 20.1. The van der Waals surface area contributed by atoms with Gasteiger partial charge in [-0.1, -0.05) is 35.3 Å². The topological polar surface area (TPSA) is 79.6 Å². The fourth-order valence-electron chi connectivity index (χ4n) is 4.83. The molecule has 0 saturated carbocycles. The first-order chi connectivity index (χ1) is 18.1. The molecule has 2 aromatic heterocycles. The smallest absolute Gasteiger partial charge is 0.320 e. The first kappa shape index (κ1) is 24.0. The Morgan fingerprint density at radius 3 is 2.27 bits per heavy atom. The number of amides is 2. The maximum atomic E-state index is 12.9. The molecular weight excluding hydrogens is 513 g/mol. The van der Waals surface area contributed by atoms with E-state index in [2.05, 4.69) is 14.9 Å². The van der Waals surface area contributed by atoms with E-state index in [0.29, 0.717) is 79.5 Å². The number of hydrogen-bond donors (Lipinski definition) is 0. The fourth-order valence-corrected chi connectivity index (χ4v) is 5.18. The third-order valence-corrected chi connectivity index (χ3v) is 7.34. The third kappa shape index (κ3) is 4.58. The standard InChI is InChI=1S/C26H25Cl2N7O2/c27-18-5-7-19(8-6-18)35-23(20-3-1-2-4-21(20)28)31-22-24(29-17-30-25(22)35)32-9-11-33(12-10-32)26(36)34-13-15-37-16-14-34/h1-8,17H,9-16H2. The Morgan fingerprint density at radius 2 is 1.54 bits per heavy atom. The Bertz CT molecular complexity index is 1430. The van der Waals surface area contributed by atoms with Gasteiger partial charge in [-0.3, -0.25) is 4.57 Å². The number of carbonyl (C=O) groups is 1. The number of benzene rings is 2. The second-order valence-corrected chi connectivity index (χ2v) is 9.80. The summed E-state index contributed by atoms with van der Waals surface area (Å²) in [5, 5.41) is 1.24. The van der Waals surface area contributed by atoms with E-state index in [9.17, 15) is 4.79 Å². The summed E-state index contributed by atoms with van der Waals surface area (Å²) in [7, 11) is 0. The number of hydrogen-bond acceptors (Lipinski definition) is 6. The molecule has 9 nitrogen and oxygen atoms in total. The zero-order valence-corrected chi connectivity index (χ0v) is 21.6. The molecule has 2 saturated heterocycles. The van der Waals surface area contributed by atoms with Crippen molar-refractivity contribution in [1.82, 2.24) is 29.3 Å². The average Bonchev–Trinajstić information content (AvgIpc) is 3.33. The molecule has 4 aromatic rings. The normalized spacial score (nSPS) is 16.4. The van der Waals surface area contributed by atoms with Gasteiger partial charge in [0.25, 0.3) is 0 Å². The van der Waals surface area contributed by atoms with E-state index in [0.717, 1.165) is 17.1 Å². The predicted octanol–water partition coefficient (Wildman–Crippen LogP) is 4.36. The molecule has 0 spiro atoms. The second-order valence-electron chi connectivity index (χ2n) is 8.95. The van der Waals surface area contributed by atoms with Crippen LogP contribution >= 0.6 is 23.2 Å². The Kier molecular flexibility index (Phi) is 6.58. The highest BCUT2D eigenvalue weighted by molar-refractivity contribution is 6.33. The van der Waals surface area contributed by atoms with Crippen molar-refractivity contribution in [3.05, 3.63) is 64.9 Å². The molecule has 2 fully saturated rings. The van der Waals surface area contributed by atoms with E-state index < -0.39 is 0 Å². The molecule has 2 amide bonds. The maximum Gasteiger partial charge on any atom is 0.320 e. The number of anilines is 1. The van der Waals surface area contributed by atoms with Gasteiger partial charge in [-0.2, -0.15) is 0 Å². The van der Waals surface area contributed by atoms with Crippen molar-refractivity contribution in [2.24, 2.45) is 0 Å². The number of imidazole rings is 1. The molecule has 0 unspecified atom stereocenters. The van der Waals surface area contributed by atoms with Gasteiger partial charge in [0.2, 0.25) is 0 Å². The monoisotopic (exact) mass is 537 g/mol. The van der Waals surface area contributed by atoms with Crippen LogP contribution in [0.3, 0.4) is 0 Å². The van der Waals surface area contributed by atoms with Crippen molar-refractivity contribution < 1.29 is 9.53 Å². The third-order valence-electron chi connectivity index (χ3n) is 6.76. The number of nitrogens with zero attached hydrogens (tertiary/aromatic N) is 7. The number of ether oxygens (including phenoxy) is 1. The van der Waals surface area contributed by atoms with E-state index in [1.807, 2.05) is 62.9 Å². The van der Waals surface area contributed by atoms with Gasteiger partial charge in [-0.25, -0.2) is 19.7 Å². The average molecular weight is 538 g/mol. The van der Waals surface area contributed by atoms with Crippen LogP contribution in [-0.4, -0.2) is 87.8 Å². The lowest BCUT2D eigenvalue weighted by atomic mass is 10.2. The number of morpholine rings is 1. The first-order valence-electron chi connectivity index (χ1n) is 12.2. The molecule has 6 rings (SSSR count). The summed E-state index contributed by atoms with van der Waals surface area (Å²) in [5.74, 6) is 1.41.